The lowest BCUT2D eigenvalue weighted by Gasteiger charge is -2.13. The van der Waals surface area contributed by atoms with Crippen molar-refractivity contribution in [2.24, 2.45) is 0 Å². The number of nitro groups is 1. The lowest BCUT2D eigenvalue weighted by Crippen LogP contribution is -2.35. The molecule has 0 bridgehead atoms. The molecule has 1 aliphatic rings. The molecule has 33 heavy (non-hydrogen) atoms. The van der Waals surface area contributed by atoms with Crippen molar-refractivity contribution in [2.45, 2.75) is 6.54 Å². The number of hydrogen-bond donors (Lipinski definition) is 1. The van der Waals surface area contributed by atoms with Gasteiger partial charge in [0.15, 0.2) is 0 Å². The van der Waals surface area contributed by atoms with Gasteiger partial charge in [-0.3, -0.25) is 25.1 Å². The van der Waals surface area contributed by atoms with Gasteiger partial charge in [0.05, 0.1) is 10.6 Å². The van der Waals surface area contributed by atoms with Gasteiger partial charge >= 0.3 is 0 Å². The van der Waals surface area contributed by atoms with Crippen molar-refractivity contribution < 1.29 is 14.5 Å². The van der Waals surface area contributed by atoms with Crippen molar-refractivity contribution in [1.29, 1.82) is 0 Å². The Hall–Kier alpha value is -4.72. The molecule has 1 aromatic heterocycles. The first-order valence-electron chi connectivity index (χ1n) is 10.2. The molecule has 5 rings (SSSR count). The Morgan fingerprint density at radius 2 is 1.61 bits per heavy atom. The number of carbonyl (C=O) groups excluding carboxylic acids is 2. The fraction of sp³-hybridized carbons (Fsp3) is 0.0400. The highest BCUT2D eigenvalue weighted by Gasteiger charge is 2.34. The summed E-state index contributed by atoms with van der Waals surface area (Å²) in [7, 11) is 0. The van der Waals surface area contributed by atoms with Crippen LogP contribution in [0.5, 0.6) is 0 Å². The van der Waals surface area contributed by atoms with Crippen LogP contribution in [-0.4, -0.2) is 21.3 Å². The number of nitro benzene ring substituents is 1. The number of carbonyl (C=O) groups is 2. The van der Waals surface area contributed by atoms with Gasteiger partial charge in [-0.05, 0) is 29.8 Å². The Morgan fingerprint density at radius 3 is 2.33 bits per heavy atom. The molecule has 0 radical (unpaired) electrons. The van der Waals surface area contributed by atoms with E-state index in [1.54, 1.807) is 42.5 Å². The van der Waals surface area contributed by atoms with Crippen LogP contribution < -0.4 is 10.4 Å². The van der Waals surface area contributed by atoms with Crippen molar-refractivity contribution in [2.75, 3.05) is 5.01 Å². The van der Waals surface area contributed by atoms with Gasteiger partial charge in [0.1, 0.15) is 5.57 Å². The smallest absolute Gasteiger partial charge is 0.282 e. The zero-order valence-electron chi connectivity index (χ0n) is 17.3. The third kappa shape index (κ3) is 3.74. The summed E-state index contributed by atoms with van der Waals surface area (Å²) in [4.78, 5) is 36.0. The minimum Gasteiger partial charge on any atom is -0.342 e. The van der Waals surface area contributed by atoms with Gasteiger partial charge in [0.25, 0.3) is 17.5 Å². The quantitative estimate of drug-likeness (QED) is 0.220. The number of hydrazine groups is 1. The lowest BCUT2D eigenvalue weighted by molar-refractivity contribution is -0.384. The van der Waals surface area contributed by atoms with E-state index in [2.05, 4.69) is 5.43 Å². The zero-order chi connectivity index (χ0) is 22.9. The highest BCUT2D eigenvalue weighted by Crippen LogP contribution is 2.27. The van der Waals surface area contributed by atoms with E-state index in [-0.39, 0.29) is 11.3 Å². The van der Waals surface area contributed by atoms with E-state index >= 15 is 0 Å². The van der Waals surface area contributed by atoms with Crippen molar-refractivity contribution >= 4 is 40.2 Å². The molecule has 1 fully saturated rings. The van der Waals surface area contributed by atoms with Crippen LogP contribution in [0.1, 0.15) is 11.1 Å². The normalized spacial score (nSPS) is 14.8. The molecule has 1 N–H and O–H groups in total. The molecular weight excluding hydrogens is 420 g/mol. The summed E-state index contributed by atoms with van der Waals surface area (Å²) in [5.74, 6) is -0.880. The first-order valence-corrected chi connectivity index (χ1v) is 10.2. The van der Waals surface area contributed by atoms with Gasteiger partial charge in [0, 0.05) is 41.3 Å². The second-order valence-corrected chi connectivity index (χ2v) is 7.63. The maximum atomic E-state index is 13.0. The molecule has 4 aromatic rings. The monoisotopic (exact) mass is 438 g/mol. The van der Waals surface area contributed by atoms with Crippen molar-refractivity contribution in [3.05, 3.63) is 112 Å². The fourth-order valence-corrected chi connectivity index (χ4v) is 3.91. The summed E-state index contributed by atoms with van der Waals surface area (Å²) >= 11 is 0. The van der Waals surface area contributed by atoms with Crippen LogP contribution in [0.3, 0.4) is 0 Å². The fourth-order valence-electron chi connectivity index (χ4n) is 3.91. The zero-order valence-corrected chi connectivity index (χ0v) is 17.3. The number of amides is 2. The molecule has 0 atom stereocenters. The van der Waals surface area contributed by atoms with Gasteiger partial charge < -0.3 is 4.57 Å². The van der Waals surface area contributed by atoms with E-state index in [4.69, 9.17) is 0 Å². The Balaban J connectivity index is 1.50. The molecule has 0 unspecified atom stereocenters. The van der Waals surface area contributed by atoms with E-state index < -0.39 is 16.7 Å². The largest absolute Gasteiger partial charge is 0.342 e. The number of non-ortho nitro benzene ring substituents is 1. The molecule has 8 nitrogen and oxygen atoms in total. The highest BCUT2D eigenvalue weighted by molar-refractivity contribution is 6.32. The maximum Gasteiger partial charge on any atom is 0.282 e. The van der Waals surface area contributed by atoms with Crippen LogP contribution >= 0.6 is 0 Å². The number of para-hydroxylation sites is 2. The molecule has 2 heterocycles. The van der Waals surface area contributed by atoms with Crippen LogP contribution in [0.15, 0.2) is 90.6 Å². The molecule has 162 valence electrons. The molecule has 0 saturated carbocycles. The molecule has 0 aliphatic carbocycles. The van der Waals surface area contributed by atoms with Gasteiger partial charge in [-0.1, -0.05) is 48.5 Å². The number of aromatic nitrogens is 1. The minimum atomic E-state index is -0.462. The molecule has 0 spiro atoms. The third-order valence-corrected chi connectivity index (χ3v) is 5.53. The number of anilines is 1. The van der Waals surface area contributed by atoms with Crippen LogP contribution in [0, 0.1) is 10.1 Å². The molecule has 1 aliphatic heterocycles. The van der Waals surface area contributed by atoms with Crippen LogP contribution in [-0.2, 0) is 16.1 Å². The molecule has 2 amide bonds. The second kappa shape index (κ2) is 8.08. The Bertz CT molecular complexity index is 1420. The Morgan fingerprint density at radius 1 is 0.909 bits per heavy atom. The van der Waals surface area contributed by atoms with Crippen molar-refractivity contribution in [3.8, 4) is 0 Å². The predicted octanol–water partition coefficient (Wildman–Crippen LogP) is 4.06. The average molecular weight is 438 g/mol. The summed E-state index contributed by atoms with van der Waals surface area (Å²) in [6, 6.07) is 23.0. The summed E-state index contributed by atoms with van der Waals surface area (Å²) in [6.45, 7) is 0.484. The van der Waals surface area contributed by atoms with Crippen LogP contribution in [0.2, 0.25) is 0 Å². The summed E-state index contributed by atoms with van der Waals surface area (Å²) in [5.41, 5.74) is 5.84. The van der Waals surface area contributed by atoms with Crippen molar-refractivity contribution in [3.63, 3.8) is 0 Å². The average Bonchev–Trinajstić information content (AvgIpc) is 3.32. The molecule has 8 heteroatoms. The first kappa shape index (κ1) is 20.2. The van der Waals surface area contributed by atoms with Gasteiger partial charge in [-0.2, -0.15) is 0 Å². The molecule has 1 saturated heterocycles. The van der Waals surface area contributed by atoms with Gasteiger partial charge in [0.2, 0.25) is 0 Å². The van der Waals surface area contributed by atoms with E-state index in [1.165, 1.54) is 17.1 Å². The number of benzene rings is 3. The van der Waals surface area contributed by atoms with E-state index in [1.807, 2.05) is 41.1 Å². The SMILES string of the molecule is O=C1NN(c2ccccc2)C(=O)C1=Cc1cn(Cc2ccc([N+](=O)[O-])cc2)c2ccccc12. The van der Waals surface area contributed by atoms with E-state index in [0.29, 0.717) is 12.2 Å². The maximum absolute atomic E-state index is 13.0. The van der Waals surface area contributed by atoms with Gasteiger partial charge in [-0.15, -0.1) is 0 Å². The van der Waals surface area contributed by atoms with Crippen molar-refractivity contribution in [1.82, 2.24) is 9.99 Å². The summed E-state index contributed by atoms with van der Waals surface area (Å²) in [6.07, 6.45) is 3.49. The number of nitrogens with zero attached hydrogens (tertiary/aromatic N) is 3. The summed E-state index contributed by atoms with van der Waals surface area (Å²) in [5, 5.41) is 13.0. The number of fused-ring (bicyclic) bond motifs is 1. The first-order chi connectivity index (χ1) is 16.0. The lowest BCUT2D eigenvalue weighted by atomic mass is 10.1. The number of nitrogens with one attached hydrogen (secondary N) is 1. The third-order valence-electron chi connectivity index (χ3n) is 5.53. The van der Waals surface area contributed by atoms with E-state index in [0.717, 1.165) is 22.0 Å². The topological polar surface area (TPSA) is 97.5 Å². The molecule has 3 aromatic carbocycles. The second-order valence-electron chi connectivity index (χ2n) is 7.63. The highest BCUT2D eigenvalue weighted by atomic mass is 16.6. The minimum absolute atomic E-state index is 0.0373. The number of rotatable bonds is 5. The predicted molar refractivity (Wildman–Crippen MR) is 124 cm³/mol. The van der Waals surface area contributed by atoms with E-state index in [9.17, 15) is 19.7 Å². The van der Waals surface area contributed by atoms with Crippen LogP contribution in [0.25, 0.3) is 17.0 Å². The van der Waals surface area contributed by atoms with Crippen LogP contribution in [0.4, 0.5) is 11.4 Å². The molecular formula is C25H18N4O4. The Labute approximate surface area is 188 Å². The summed E-state index contributed by atoms with van der Waals surface area (Å²) < 4.78 is 2.00. The number of hydrogen-bond acceptors (Lipinski definition) is 4. The van der Waals surface area contributed by atoms with Gasteiger partial charge in [-0.25, -0.2) is 5.01 Å². The standard InChI is InChI=1S/C25H18N4O4/c30-24-22(25(31)28(26-24)19-6-2-1-3-7-19)14-18-16-27(23-9-5-4-8-21(18)23)15-17-10-12-20(13-11-17)29(32)33/h1-14,16H,15H2,(H,26,30). The Kier molecular flexibility index (Phi) is 4.95.